The lowest BCUT2D eigenvalue weighted by atomic mass is 10.3. The Kier molecular flexibility index (Phi) is 4.13. The van der Waals surface area contributed by atoms with Crippen molar-refractivity contribution in [1.29, 1.82) is 0 Å². The molecule has 0 saturated carbocycles. The fraction of sp³-hybridized carbons (Fsp3) is 0.545. The van der Waals surface area contributed by atoms with Crippen molar-refractivity contribution in [2.45, 2.75) is 26.1 Å². The Labute approximate surface area is 116 Å². The Bertz CT molecular complexity index is 513. The molecule has 6 nitrogen and oxygen atoms in total. The highest BCUT2D eigenvalue weighted by atomic mass is 32.1. The third-order valence-electron chi connectivity index (χ3n) is 2.69. The Balaban J connectivity index is 2.36. The third-order valence-corrected chi connectivity index (χ3v) is 4.01. The molecule has 1 aromatic heterocycles. The van der Waals surface area contributed by atoms with Crippen molar-refractivity contribution in [3.05, 3.63) is 22.4 Å². The number of hydrogen-bond donors (Lipinski definition) is 1. The molecule has 8 heteroatoms. The fourth-order valence-corrected chi connectivity index (χ4v) is 3.32. The van der Waals surface area contributed by atoms with Gasteiger partial charge in [0.15, 0.2) is 0 Å². The van der Waals surface area contributed by atoms with E-state index in [4.69, 9.17) is 9.36 Å². The number of aliphatic imine (C=N–C) groups is 1. The average molecular weight is 304 g/mol. The molecule has 0 amide bonds. The van der Waals surface area contributed by atoms with Crippen LogP contribution in [0.1, 0.15) is 25.8 Å². The quantitative estimate of drug-likeness (QED) is 0.847. The van der Waals surface area contributed by atoms with Crippen LogP contribution in [-0.2, 0) is 13.9 Å². The summed E-state index contributed by atoms with van der Waals surface area (Å²) in [6.07, 6.45) is 0.410. The smallest absolute Gasteiger partial charge is 0.328 e. The van der Waals surface area contributed by atoms with Crippen LogP contribution in [0.15, 0.2) is 21.8 Å². The second kappa shape index (κ2) is 5.34. The maximum Gasteiger partial charge on any atom is 0.328 e. The van der Waals surface area contributed by atoms with Gasteiger partial charge in [-0.15, -0.1) is 0 Å². The molecule has 1 aliphatic heterocycles. The molecular weight excluding hydrogens is 287 g/mol. The van der Waals surface area contributed by atoms with Gasteiger partial charge in [0, 0.05) is 30.6 Å². The van der Waals surface area contributed by atoms with Gasteiger partial charge in [-0.3, -0.25) is 9.09 Å². The third kappa shape index (κ3) is 3.07. The van der Waals surface area contributed by atoms with Crippen LogP contribution < -0.4 is 0 Å². The highest BCUT2D eigenvalue weighted by molar-refractivity contribution is 7.51. The van der Waals surface area contributed by atoms with Gasteiger partial charge < -0.3 is 9.73 Å². The average Bonchev–Trinajstić information content (AvgIpc) is 2.93. The summed E-state index contributed by atoms with van der Waals surface area (Å²) in [5, 5.41) is 5.32. The van der Waals surface area contributed by atoms with Crippen molar-refractivity contribution in [3.8, 4) is 0 Å². The predicted molar refractivity (Wildman–Crippen MR) is 74.2 cm³/mol. The van der Waals surface area contributed by atoms with E-state index in [0.29, 0.717) is 18.9 Å². The molecule has 106 valence electrons. The minimum atomic E-state index is -3.68. The standard InChI is InChI=1S/C11H17N2O4PS/c1-4-11(17-18(3,14)15)12-10(16-13(11)5-2)9-6-7-19-8-9/h6-8H,4-5H2,1-3H3,(H,14,15). The van der Waals surface area contributed by atoms with Gasteiger partial charge in [0.1, 0.15) is 0 Å². The van der Waals surface area contributed by atoms with E-state index in [2.05, 4.69) is 4.99 Å². The Morgan fingerprint density at radius 1 is 1.63 bits per heavy atom. The normalized spacial score (nSPS) is 26.8. The van der Waals surface area contributed by atoms with Crippen LogP contribution in [0.5, 0.6) is 0 Å². The molecule has 2 heterocycles. The van der Waals surface area contributed by atoms with Gasteiger partial charge in [-0.1, -0.05) is 12.0 Å². The number of hydroxylamine groups is 2. The van der Waals surface area contributed by atoms with Crippen molar-refractivity contribution in [2.24, 2.45) is 4.99 Å². The highest BCUT2D eigenvalue weighted by Crippen LogP contribution is 2.47. The van der Waals surface area contributed by atoms with Gasteiger partial charge in [0.25, 0.3) is 5.85 Å². The Hall–Kier alpha value is -0.720. The summed E-state index contributed by atoms with van der Waals surface area (Å²) in [5.74, 6) is -0.816. The van der Waals surface area contributed by atoms with E-state index in [-0.39, 0.29) is 0 Å². The molecule has 2 rings (SSSR count). The Morgan fingerprint density at radius 3 is 2.84 bits per heavy atom. The van der Waals surface area contributed by atoms with Gasteiger partial charge in [-0.2, -0.15) is 16.3 Å². The molecule has 0 radical (unpaired) electrons. The number of nitrogens with zero attached hydrogens (tertiary/aromatic N) is 2. The maximum absolute atomic E-state index is 11.6. The Morgan fingerprint density at radius 2 is 2.37 bits per heavy atom. The zero-order chi connectivity index (χ0) is 14.1. The molecule has 1 aliphatic rings. The zero-order valence-corrected chi connectivity index (χ0v) is 12.8. The van der Waals surface area contributed by atoms with E-state index in [1.807, 2.05) is 30.7 Å². The highest BCUT2D eigenvalue weighted by Gasteiger charge is 2.47. The second-order valence-electron chi connectivity index (χ2n) is 4.21. The molecule has 0 fully saturated rings. The lowest BCUT2D eigenvalue weighted by Gasteiger charge is -2.32. The maximum atomic E-state index is 11.6. The number of thiophene rings is 1. The molecule has 0 saturated heterocycles. The van der Waals surface area contributed by atoms with Crippen molar-refractivity contribution in [2.75, 3.05) is 13.2 Å². The van der Waals surface area contributed by atoms with Crippen LogP contribution >= 0.6 is 18.9 Å². The number of hydrogen-bond acceptors (Lipinski definition) is 6. The molecule has 2 unspecified atom stereocenters. The summed E-state index contributed by atoms with van der Waals surface area (Å²) in [7, 11) is -3.68. The van der Waals surface area contributed by atoms with Crippen LogP contribution in [-0.4, -0.2) is 34.9 Å². The van der Waals surface area contributed by atoms with Gasteiger partial charge in [-0.25, -0.2) is 0 Å². The molecule has 1 aromatic rings. The van der Waals surface area contributed by atoms with Gasteiger partial charge in [0.2, 0.25) is 5.90 Å². The molecule has 0 aromatic carbocycles. The summed E-state index contributed by atoms with van der Waals surface area (Å²) in [4.78, 5) is 19.5. The van der Waals surface area contributed by atoms with E-state index in [9.17, 15) is 9.46 Å². The zero-order valence-electron chi connectivity index (χ0n) is 11.1. The minimum Gasteiger partial charge on any atom is -0.381 e. The summed E-state index contributed by atoms with van der Waals surface area (Å²) in [5.41, 5.74) is 0.839. The summed E-state index contributed by atoms with van der Waals surface area (Å²) < 4.78 is 16.9. The first-order chi connectivity index (χ1) is 8.90. The molecule has 2 atom stereocenters. The van der Waals surface area contributed by atoms with Crippen molar-refractivity contribution in [3.63, 3.8) is 0 Å². The first-order valence-electron chi connectivity index (χ1n) is 5.99. The van der Waals surface area contributed by atoms with E-state index >= 15 is 0 Å². The van der Waals surface area contributed by atoms with Crippen LogP contribution in [0.3, 0.4) is 0 Å². The van der Waals surface area contributed by atoms with Crippen molar-refractivity contribution < 1.29 is 18.8 Å². The van der Waals surface area contributed by atoms with Crippen molar-refractivity contribution >= 4 is 24.8 Å². The summed E-state index contributed by atoms with van der Waals surface area (Å²) in [6, 6.07) is 1.88. The van der Waals surface area contributed by atoms with E-state index in [1.165, 1.54) is 16.4 Å². The molecule has 0 spiro atoms. The van der Waals surface area contributed by atoms with Gasteiger partial charge in [0.05, 0.1) is 0 Å². The second-order valence-corrected chi connectivity index (χ2v) is 6.77. The van der Waals surface area contributed by atoms with E-state index < -0.39 is 13.4 Å². The van der Waals surface area contributed by atoms with Gasteiger partial charge in [-0.05, 0) is 18.4 Å². The van der Waals surface area contributed by atoms with Crippen LogP contribution in [0.2, 0.25) is 0 Å². The van der Waals surface area contributed by atoms with Crippen LogP contribution in [0.25, 0.3) is 0 Å². The lowest BCUT2D eigenvalue weighted by Crippen LogP contribution is -2.44. The minimum absolute atomic E-state index is 0.410. The molecule has 1 N–H and O–H groups in total. The lowest BCUT2D eigenvalue weighted by molar-refractivity contribution is -0.209. The molecular formula is C11H17N2O4PS. The SMILES string of the molecule is CCN1OC(c2ccsc2)=NC1(CC)OP(C)(=O)O. The molecule has 0 bridgehead atoms. The van der Waals surface area contributed by atoms with Gasteiger partial charge >= 0.3 is 7.60 Å². The van der Waals surface area contributed by atoms with E-state index in [1.54, 1.807) is 0 Å². The monoisotopic (exact) mass is 304 g/mol. The van der Waals surface area contributed by atoms with Crippen LogP contribution in [0, 0.1) is 0 Å². The van der Waals surface area contributed by atoms with E-state index in [0.717, 1.165) is 12.2 Å². The number of rotatable bonds is 5. The summed E-state index contributed by atoms with van der Waals surface area (Å²) in [6.45, 7) is 5.35. The molecule has 19 heavy (non-hydrogen) atoms. The fourth-order valence-electron chi connectivity index (χ4n) is 1.88. The first kappa shape index (κ1) is 14.7. The topological polar surface area (TPSA) is 71.4 Å². The summed E-state index contributed by atoms with van der Waals surface area (Å²) >= 11 is 1.53. The molecule has 0 aliphatic carbocycles. The first-order valence-corrected chi connectivity index (χ1v) is 8.96. The predicted octanol–water partition coefficient (Wildman–Crippen LogP) is 2.66. The van der Waals surface area contributed by atoms with Crippen molar-refractivity contribution in [1.82, 2.24) is 5.06 Å². The van der Waals surface area contributed by atoms with Crippen LogP contribution in [0.4, 0.5) is 0 Å². The largest absolute Gasteiger partial charge is 0.381 e.